The van der Waals surface area contributed by atoms with E-state index in [4.69, 9.17) is 9.47 Å². The predicted molar refractivity (Wildman–Crippen MR) is 109 cm³/mol. The molecule has 2 aromatic heterocycles. The van der Waals surface area contributed by atoms with E-state index >= 15 is 0 Å². The van der Waals surface area contributed by atoms with Crippen molar-refractivity contribution < 1.29 is 18.7 Å². The lowest BCUT2D eigenvalue weighted by molar-refractivity contribution is 0.0438. The van der Waals surface area contributed by atoms with Gasteiger partial charge in [-0.3, -0.25) is 0 Å². The first-order chi connectivity index (χ1) is 14.2. The minimum atomic E-state index is -0.527. The van der Waals surface area contributed by atoms with E-state index in [1.165, 1.54) is 12.1 Å². The van der Waals surface area contributed by atoms with Crippen molar-refractivity contribution in [3.05, 3.63) is 89.7 Å². The van der Waals surface area contributed by atoms with Crippen LogP contribution in [0.5, 0.6) is 5.75 Å². The number of para-hydroxylation sites is 2. The third-order valence-corrected chi connectivity index (χ3v) is 5.00. The first-order valence-corrected chi connectivity index (χ1v) is 9.84. The van der Waals surface area contributed by atoms with Crippen LogP contribution in [-0.2, 0) is 4.74 Å². The second-order valence-corrected chi connectivity index (χ2v) is 7.00. The largest absolute Gasteiger partial charge is 0.487 e. The van der Waals surface area contributed by atoms with Crippen LogP contribution >= 0.6 is 11.3 Å². The molecule has 2 aromatic carbocycles. The summed E-state index contributed by atoms with van der Waals surface area (Å²) >= 11 is 1.54. The Labute approximate surface area is 170 Å². The molecule has 0 atom stereocenters. The minimum absolute atomic E-state index is 0.0124. The number of halogens is 1. The van der Waals surface area contributed by atoms with Crippen LogP contribution < -0.4 is 4.74 Å². The molecule has 4 rings (SSSR count). The van der Waals surface area contributed by atoms with Crippen LogP contribution in [0.2, 0.25) is 0 Å². The van der Waals surface area contributed by atoms with Crippen LogP contribution in [0.1, 0.15) is 10.5 Å². The second-order valence-electron chi connectivity index (χ2n) is 6.05. The first-order valence-electron chi connectivity index (χ1n) is 8.96. The summed E-state index contributed by atoms with van der Waals surface area (Å²) in [5, 5.41) is 6.53. The van der Waals surface area contributed by atoms with Crippen molar-refractivity contribution >= 4 is 17.3 Å². The predicted octanol–water partition coefficient (Wildman–Crippen LogP) is 4.98. The van der Waals surface area contributed by atoms with Gasteiger partial charge in [0, 0.05) is 6.07 Å². The quantitative estimate of drug-likeness (QED) is 0.320. The molecule has 0 aliphatic rings. The molecule has 0 bridgehead atoms. The number of thiophene rings is 1. The fourth-order valence-corrected chi connectivity index (χ4v) is 3.44. The van der Waals surface area contributed by atoms with Gasteiger partial charge < -0.3 is 9.47 Å². The maximum atomic E-state index is 13.6. The van der Waals surface area contributed by atoms with Crippen LogP contribution in [0.3, 0.4) is 0 Å². The van der Waals surface area contributed by atoms with Gasteiger partial charge >= 0.3 is 5.97 Å². The van der Waals surface area contributed by atoms with Crippen molar-refractivity contribution in [2.24, 2.45) is 0 Å². The van der Waals surface area contributed by atoms with Crippen LogP contribution in [0, 0.1) is 5.82 Å². The van der Waals surface area contributed by atoms with Gasteiger partial charge in [-0.2, -0.15) is 5.10 Å². The van der Waals surface area contributed by atoms with Crippen molar-refractivity contribution in [3.63, 3.8) is 0 Å². The Kier molecular flexibility index (Phi) is 5.67. The topological polar surface area (TPSA) is 53.4 Å². The molecule has 0 radical (unpaired) electrons. The van der Waals surface area contributed by atoms with Crippen LogP contribution in [0.15, 0.2) is 78.2 Å². The monoisotopic (exact) mass is 408 g/mol. The summed E-state index contributed by atoms with van der Waals surface area (Å²) in [7, 11) is 0. The Morgan fingerprint density at radius 3 is 2.55 bits per heavy atom. The zero-order valence-electron chi connectivity index (χ0n) is 15.3. The van der Waals surface area contributed by atoms with E-state index in [0.717, 1.165) is 10.6 Å². The molecular weight excluding hydrogens is 391 g/mol. The summed E-state index contributed by atoms with van der Waals surface area (Å²) in [4.78, 5) is 13.6. The fraction of sp³-hybridized carbons (Fsp3) is 0.0909. The Morgan fingerprint density at radius 1 is 1.00 bits per heavy atom. The molecule has 4 aromatic rings. The SMILES string of the molecule is O=C(OCCOc1ccccc1F)c1cc(-c2cccs2)nn1-c1ccccc1. The number of carbonyl (C=O) groups excluding carboxylic acids is 1. The number of ether oxygens (including phenoxy) is 2. The first kappa shape index (κ1) is 18.9. The zero-order chi connectivity index (χ0) is 20.1. The highest BCUT2D eigenvalue weighted by atomic mass is 32.1. The Morgan fingerprint density at radius 2 is 1.79 bits per heavy atom. The number of benzene rings is 2. The van der Waals surface area contributed by atoms with E-state index in [9.17, 15) is 9.18 Å². The van der Waals surface area contributed by atoms with Gasteiger partial charge in [0.15, 0.2) is 17.3 Å². The van der Waals surface area contributed by atoms with Crippen molar-refractivity contribution in [2.75, 3.05) is 13.2 Å². The van der Waals surface area contributed by atoms with Gasteiger partial charge in [0.1, 0.15) is 18.9 Å². The van der Waals surface area contributed by atoms with E-state index in [2.05, 4.69) is 5.10 Å². The van der Waals surface area contributed by atoms with Crippen molar-refractivity contribution in [2.45, 2.75) is 0 Å². The molecule has 0 fully saturated rings. The van der Waals surface area contributed by atoms with Crippen molar-refractivity contribution in [1.29, 1.82) is 0 Å². The summed E-state index contributed by atoms with van der Waals surface area (Å²) in [5.41, 5.74) is 1.76. The lowest BCUT2D eigenvalue weighted by Crippen LogP contribution is -2.16. The van der Waals surface area contributed by atoms with Gasteiger partial charge in [0.25, 0.3) is 0 Å². The van der Waals surface area contributed by atoms with E-state index in [1.807, 2.05) is 47.8 Å². The molecular formula is C22H17FN2O3S. The normalized spacial score (nSPS) is 10.7. The van der Waals surface area contributed by atoms with E-state index < -0.39 is 11.8 Å². The highest BCUT2D eigenvalue weighted by Gasteiger charge is 2.19. The maximum Gasteiger partial charge on any atom is 0.357 e. The number of aromatic nitrogens is 2. The molecule has 0 spiro atoms. The molecule has 146 valence electrons. The zero-order valence-corrected chi connectivity index (χ0v) is 16.1. The third-order valence-electron chi connectivity index (χ3n) is 4.10. The molecule has 29 heavy (non-hydrogen) atoms. The standard InChI is InChI=1S/C22H17FN2O3S/c23-17-9-4-5-10-20(17)27-12-13-28-22(26)19-15-18(21-11-6-14-29-21)24-25(19)16-7-2-1-3-8-16/h1-11,14-15H,12-13H2. The Bertz CT molecular complexity index is 1090. The van der Waals surface area contributed by atoms with Gasteiger partial charge in [-0.05, 0) is 35.7 Å². The lowest BCUT2D eigenvalue weighted by atomic mass is 10.3. The molecule has 0 unspecified atom stereocenters. The van der Waals surface area contributed by atoms with E-state index in [1.54, 1.807) is 34.2 Å². The van der Waals surface area contributed by atoms with Crippen LogP contribution in [0.4, 0.5) is 4.39 Å². The molecule has 0 aliphatic carbocycles. The summed E-state index contributed by atoms with van der Waals surface area (Å²) in [5.74, 6) is -0.860. The van der Waals surface area contributed by atoms with Gasteiger partial charge in [-0.1, -0.05) is 36.4 Å². The number of hydrogen-bond acceptors (Lipinski definition) is 5. The summed E-state index contributed by atoms with van der Waals surface area (Å²) < 4.78 is 25.8. The number of hydrogen-bond donors (Lipinski definition) is 0. The third kappa shape index (κ3) is 4.35. The molecule has 7 heteroatoms. The number of carbonyl (C=O) groups is 1. The van der Waals surface area contributed by atoms with E-state index in [-0.39, 0.29) is 19.0 Å². The summed E-state index contributed by atoms with van der Waals surface area (Å²) in [6.07, 6.45) is 0. The van der Waals surface area contributed by atoms with Gasteiger partial charge in [-0.25, -0.2) is 13.9 Å². The Hall–Kier alpha value is -3.45. The van der Waals surface area contributed by atoms with E-state index in [0.29, 0.717) is 11.4 Å². The maximum absolute atomic E-state index is 13.6. The molecule has 0 N–H and O–H groups in total. The van der Waals surface area contributed by atoms with Crippen molar-refractivity contribution in [1.82, 2.24) is 9.78 Å². The van der Waals surface area contributed by atoms with Crippen molar-refractivity contribution in [3.8, 4) is 22.0 Å². The van der Waals surface area contributed by atoms with Gasteiger partial charge in [-0.15, -0.1) is 11.3 Å². The Balaban J connectivity index is 1.49. The fourth-order valence-electron chi connectivity index (χ4n) is 2.76. The lowest BCUT2D eigenvalue weighted by Gasteiger charge is -2.09. The molecule has 2 heterocycles. The smallest absolute Gasteiger partial charge is 0.357 e. The van der Waals surface area contributed by atoms with Gasteiger partial charge in [0.2, 0.25) is 0 Å². The molecule has 0 aliphatic heterocycles. The highest BCUT2D eigenvalue weighted by molar-refractivity contribution is 7.13. The molecule has 5 nitrogen and oxygen atoms in total. The average molecular weight is 408 g/mol. The number of nitrogens with zero attached hydrogens (tertiary/aromatic N) is 2. The van der Waals surface area contributed by atoms with Crippen LogP contribution in [0.25, 0.3) is 16.3 Å². The average Bonchev–Trinajstić information content (AvgIpc) is 3.43. The van der Waals surface area contributed by atoms with Gasteiger partial charge in [0.05, 0.1) is 10.6 Å². The highest BCUT2D eigenvalue weighted by Crippen LogP contribution is 2.26. The minimum Gasteiger partial charge on any atom is -0.487 e. The van der Waals surface area contributed by atoms with Crippen LogP contribution in [-0.4, -0.2) is 29.0 Å². The molecule has 0 saturated heterocycles. The number of rotatable bonds is 7. The molecule has 0 saturated carbocycles. The summed E-state index contributed by atoms with van der Waals surface area (Å²) in [6.45, 7) is 0.0331. The number of esters is 1. The second kappa shape index (κ2) is 8.70. The molecule has 0 amide bonds. The summed E-state index contributed by atoms with van der Waals surface area (Å²) in [6, 6.07) is 21.0.